The van der Waals surface area contributed by atoms with Crippen LogP contribution in [-0.4, -0.2) is 27.8 Å². The molecule has 1 heterocycles. The smallest absolute Gasteiger partial charge is 0.330 e. The third-order valence-electron chi connectivity index (χ3n) is 4.47. The monoisotopic (exact) mass is 444 g/mol. The highest BCUT2D eigenvalue weighted by Crippen LogP contribution is 2.27. The molecule has 3 aromatic rings. The number of nitrogens with two attached hydrogens (primary N) is 1. The number of H-pyrrole nitrogens is 1. The van der Waals surface area contributed by atoms with E-state index in [0.717, 1.165) is 10.5 Å². The second-order valence-electron chi connectivity index (χ2n) is 6.42. The van der Waals surface area contributed by atoms with Crippen molar-refractivity contribution in [3.63, 3.8) is 0 Å². The number of hydrogen-bond donors (Lipinski definition) is 2. The fraction of sp³-hybridized carbons (Fsp3) is 0.190. The van der Waals surface area contributed by atoms with Gasteiger partial charge in [-0.25, -0.2) is 4.79 Å². The lowest BCUT2D eigenvalue weighted by atomic mass is 10.2. The molecule has 7 nitrogen and oxygen atoms in total. The minimum Gasteiger partial charge on any atom is -0.383 e. The van der Waals surface area contributed by atoms with Crippen LogP contribution in [0.3, 0.4) is 0 Å². The maximum Gasteiger partial charge on any atom is 0.330 e. The predicted molar refractivity (Wildman–Crippen MR) is 121 cm³/mol. The SMILES string of the molecule is CCN(C(=O)CSc1ccccc1Cl)c1c(N)n(Cc2ccccc2)c(=O)[nH]c1=O. The van der Waals surface area contributed by atoms with Crippen LogP contribution in [0.2, 0.25) is 5.02 Å². The topological polar surface area (TPSA) is 101 Å². The summed E-state index contributed by atoms with van der Waals surface area (Å²) in [5.41, 5.74) is 5.69. The number of aromatic nitrogens is 2. The summed E-state index contributed by atoms with van der Waals surface area (Å²) in [7, 11) is 0. The lowest BCUT2D eigenvalue weighted by Gasteiger charge is -2.23. The van der Waals surface area contributed by atoms with E-state index in [2.05, 4.69) is 4.98 Å². The Morgan fingerprint density at radius 2 is 1.80 bits per heavy atom. The van der Waals surface area contributed by atoms with E-state index in [1.165, 1.54) is 21.2 Å². The number of aromatic amines is 1. The number of amides is 1. The zero-order valence-electron chi connectivity index (χ0n) is 16.3. The second kappa shape index (κ2) is 9.69. The average molecular weight is 445 g/mol. The quantitative estimate of drug-likeness (QED) is 0.545. The van der Waals surface area contributed by atoms with E-state index < -0.39 is 11.2 Å². The van der Waals surface area contributed by atoms with Crippen LogP contribution >= 0.6 is 23.4 Å². The van der Waals surface area contributed by atoms with Gasteiger partial charge in [-0.2, -0.15) is 0 Å². The highest BCUT2D eigenvalue weighted by Gasteiger charge is 2.23. The number of halogens is 1. The van der Waals surface area contributed by atoms with Crippen LogP contribution in [-0.2, 0) is 11.3 Å². The summed E-state index contributed by atoms with van der Waals surface area (Å²) in [5, 5.41) is 0.548. The molecule has 156 valence electrons. The first-order valence-electron chi connectivity index (χ1n) is 9.26. The molecule has 2 aromatic carbocycles. The first-order chi connectivity index (χ1) is 14.4. The number of rotatable bonds is 7. The summed E-state index contributed by atoms with van der Waals surface area (Å²) >= 11 is 7.42. The molecular formula is C21H21ClN4O3S. The van der Waals surface area contributed by atoms with Gasteiger partial charge in [-0.05, 0) is 24.6 Å². The Balaban J connectivity index is 1.91. The number of hydrogen-bond acceptors (Lipinski definition) is 5. The molecule has 0 atom stereocenters. The summed E-state index contributed by atoms with van der Waals surface area (Å²) in [4.78, 5) is 42.1. The molecule has 30 heavy (non-hydrogen) atoms. The molecule has 0 unspecified atom stereocenters. The zero-order valence-corrected chi connectivity index (χ0v) is 17.9. The molecule has 3 rings (SSSR count). The van der Waals surface area contributed by atoms with Crippen LogP contribution in [0.15, 0.2) is 69.1 Å². The summed E-state index contributed by atoms with van der Waals surface area (Å²) in [6.07, 6.45) is 0. The van der Waals surface area contributed by atoms with Crippen molar-refractivity contribution in [3.8, 4) is 0 Å². The molecule has 0 fully saturated rings. The maximum atomic E-state index is 12.9. The predicted octanol–water partition coefficient (Wildman–Crippen LogP) is 2.97. The molecular weight excluding hydrogens is 424 g/mol. The summed E-state index contributed by atoms with van der Waals surface area (Å²) in [6.45, 7) is 2.14. The lowest BCUT2D eigenvalue weighted by Crippen LogP contribution is -2.41. The first kappa shape index (κ1) is 21.7. The Morgan fingerprint density at radius 3 is 2.47 bits per heavy atom. The van der Waals surface area contributed by atoms with Crippen molar-refractivity contribution in [2.75, 3.05) is 22.9 Å². The minimum atomic E-state index is -0.695. The number of nitrogens with one attached hydrogen (secondary N) is 1. The van der Waals surface area contributed by atoms with Crippen LogP contribution < -0.4 is 21.9 Å². The Hall–Kier alpha value is -2.97. The molecule has 0 bridgehead atoms. The number of carbonyl (C=O) groups excluding carboxylic acids is 1. The number of benzene rings is 2. The van der Waals surface area contributed by atoms with E-state index in [4.69, 9.17) is 17.3 Å². The Kier molecular flexibility index (Phi) is 7.02. The van der Waals surface area contributed by atoms with Gasteiger partial charge in [-0.3, -0.25) is 19.1 Å². The molecule has 0 radical (unpaired) electrons. The van der Waals surface area contributed by atoms with Crippen molar-refractivity contribution in [1.82, 2.24) is 9.55 Å². The van der Waals surface area contributed by atoms with Crippen molar-refractivity contribution in [1.29, 1.82) is 0 Å². The largest absolute Gasteiger partial charge is 0.383 e. The molecule has 0 aliphatic carbocycles. The number of thioether (sulfide) groups is 1. The molecule has 0 saturated heterocycles. The molecule has 9 heteroatoms. The van der Waals surface area contributed by atoms with Crippen LogP contribution in [0, 0.1) is 0 Å². The third kappa shape index (κ3) is 4.77. The number of nitrogen functional groups attached to an aromatic ring is 1. The molecule has 0 spiro atoms. The second-order valence-corrected chi connectivity index (χ2v) is 7.85. The van der Waals surface area contributed by atoms with Crippen LogP contribution in [0.25, 0.3) is 0 Å². The van der Waals surface area contributed by atoms with Gasteiger partial charge in [0, 0.05) is 11.4 Å². The van der Waals surface area contributed by atoms with Gasteiger partial charge >= 0.3 is 5.69 Å². The summed E-state index contributed by atoms with van der Waals surface area (Å²) in [5.74, 6) is -0.302. The first-order valence-corrected chi connectivity index (χ1v) is 10.6. The van der Waals surface area contributed by atoms with E-state index >= 15 is 0 Å². The standard InChI is InChI=1S/C21H21ClN4O3S/c1-2-25(17(27)13-30-16-11-7-6-10-15(16)22)18-19(23)26(21(29)24-20(18)28)12-14-8-4-3-5-9-14/h3-11H,2,12-13,23H2,1H3,(H,24,28,29). The van der Waals surface area contributed by atoms with Gasteiger partial charge in [0.15, 0.2) is 5.69 Å². The van der Waals surface area contributed by atoms with E-state index in [1.807, 2.05) is 48.5 Å². The van der Waals surface area contributed by atoms with Gasteiger partial charge in [0.05, 0.1) is 17.3 Å². The molecule has 1 amide bonds. The third-order valence-corrected chi connectivity index (χ3v) is 5.97. The van der Waals surface area contributed by atoms with Crippen molar-refractivity contribution in [2.24, 2.45) is 0 Å². The van der Waals surface area contributed by atoms with Crippen molar-refractivity contribution >= 4 is 40.8 Å². The van der Waals surface area contributed by atoms with Gasteiger partial charge in [0.1, 0.15) is 5.82 Å². The lowest BCUT2D eigenvalue weighted by molar-refractivity contribution is -0.116. The highest BCUT2D eigenvalue weighted by atomic mass is 35.5. The molecule has 0 aliphatic heterocycles. The normalized spacial score (nSPS) is 10.7. The number of carbonyl (C=O) groups is 1. The molecule has 3 N–H and O–H groups in total. The Morgan fingerprint density at radius 1 is 1.13 bits per heavy atom. The van der Waals surface area contributed by atoms with Crippen LogP contribution in [0.5, 0.6) is 0 Å². The summed E-state index contributed by atoms with van der Waals surface area (Å²) < 4.78 is 1.25. The van der Waals surface area contributed by atoms with Gasteiger partial charge in [0.25, 0.3) is 5.56 Å². The average Bonchev–Trinajstić information content (AvgIpc) is 2.74. The van der Waals surface area contributed by atoms with Crippen LogP contribution in [0.1, 0.15) is 12.5 Å². The maximum absolute atomic E-state index is 12.9. The Labute approximate surface area is 182 Å². The molecule has 0 saturated carbocycles. The van der Waals surface area contributed by atoms with Gasteiger partial charge < -0.3 is 10.6 Å². The van der Waals surface area contributed by atoms with Crippen molar-refractivity contribution in [3.05, 3.63) is 86.0 Å². The van der Waals surface area contributed by atoms with E-state index in [1.54, 1.807) is 13.0 Å². The number of anilines is 2. The molecule has 0 aliphatic rings. The minimum absolute atomic E-state index is 0.0298. The molecule has 1 aromatic heterocycles. The van der Waals surface area contributed by atoms with Crippen molar-refractivity contribution < 1.29 is 4.79 Å². The summed E-state index contributed by atoms with van der Waals surface area (Å²) in [6, 6.07) is 16.4. The van der Waals surface area contributed by atoms with E-state index in [9.17, 15) is 14.4 Å². The van der Waals surface area contributed by atoms with Gasteiger partial charge in [-0.15, -0.1) is 11.8 Å². The van der Waals surface area contributed by atoms with Gasteiger partial charge in [0.2, 0.25) is 5.91 Å². The Bertz CT molecular complexity index is 1160. The van der Waals surface area contributed by atoms with E-state index in [-0.39, 0.29) is 36.3 Å². The fourth-order valence-corrected chi connectivity index (χ4v) is 4.11. The fourth-order valence-electron chi connectivity index (χ4n) is 3.00. The van der Waals surface area contributed by atoms with Crippen LogP contribution in [0.4, 0.5) is 11.5 Å². The van der Waals surface area contributed by atoms with Crippen molar-refractivity contribution in [2.45, 2.75) is 18.4 Å². The zero-order chi connectivity index (χ0) is 21.7. The van der Waals surface area contributed by atoms with E-state index in [0.29, 0.717) is 5.02 Å². The van der Waals surface area contributed by atoms with Gasteiger partial charge in [-0.1, -0.05) is 54.1 Å². The highest BCUT2D eigenvalue weighted by molar-refractivity contribution is 8.00. The number of nitrogens with zero attached hydrogens (tertiary/aromatic N) is 2.